The number of nitrogens with zero attached hydrogens (tertiary/aromatic N) is 2. The maximum atomic E-state index is 12.7. The fourth-order valence-corrected chi connectivity index (χ4v) is 5.15. The van der Waals surface area contributed by atoms with Crippen LogP contribution < -0.4 is 5.32 Å². The highest BCUT2D eigenvalue weighted by molar-refractivity contribution is 7.09. The van der Waals surface area contributed by atoms with Crippen molar-refractivity contribution in [3.8, 4) is 0 Å². The average Bonchev–Trinajstić information content (AvgIpc) is 3.06. The van der Waals surface area contributed by atoms with Gasteiger partial charge in [0.1, 0.15) is 0 Å². The molecule has 3 fully saturated rings. The standard InChI is InChI=1S/C17H25N3OS/c1-11(14-10-22-16(19-14)13-7-8-13)18-17(21)20-9-3-5-12-4-2-6-15(12)20/h10-13,15H,2-9H2,1H3,(H,18,21)/t11-,12+,15-/m0/s1. The average molecular weight is 319 g/mol. The van der Waals surface area contributed by atoms with Crippen LogP contribution in [-0.2, 0) is 0 Å². The Bertz CT molecular complexity index is 554. The van der Waals surface area contributed by atoms with E-state index in [0.29, 0.717) is 12.0 Å². The Labute approximate surface area is 136 Å². The number of nitrogens with one attached hydrogen (secondary N) is 1. The van der Waals surface area contributed by atoms with E-state index in [9.17, 15) is 4.79 Å². The summed E-state index contributed by atoms with van der Waals surface area (Å²) in [6.45, 7) is 2.98. The van der Waals surface area contributed by atoms with Crippen molar-refractivity contribution in [3.63, 3.8) is 0 Å². The topological polar surface area (TPSA) is 45.2 Å². The Kier molecular flexibility index (Phi) is 3.84. The summed E-state index contributed by atoms with van der Waals surface area (Å²) in [7, 11) is 0. The first-order chi connectivity index (χ1) is 10.7. The summed E-state index contributed by atoms with van der Waals surface area (Å²) >= 11 is 1.75. The van der Waals surface area contributed by atoms with E-state index < -0.39 is 0 Å². The normalized spacial score (nSPS) is 29.2. The largest absolute Gasteiger partial charge is 0.330 e. The van der Waals surface area contributed by atoms with Crippen molar-refractivity contribution < 1.29 is 4.79 Å². The van der Waals surface area contributed by atoms with Gasteiger partial charge in [0.05, 0.1) is 16.7 Å². The third kappa shape index (κ3) is 2.75. The van der Waals surface area contributed by atoms with E-state index in [-0.39, 0.29) is 12.1 Å². The minimum absolute atomic E-state index is 0.0121. The molecule has 1 aromatic rings. The number of hydrogen-bond acceptors (Lipinski definition) is 3. The van der Waals surface area contributed by atoms with Crippen LogP contribution in [-0.4, -0.2) is 28.5 Å². The molecule has 2 amide bonds. The van der Waals surface area contributed by atoms with E-state index in [1.807, 2.05) is 0 Å². The van der Waals surface area contributed by atoms with Crippen LogP contribution in [0.15, 0.2) is 5.38 Å². The Morgan fingerprint density at radius 3 is 2.95 bits per heavy atom. The molecule has 4 rings (SSSR count). The zero-order valence-corrected chi connectivity index (χ0v) is 14.1. The number of fused-ring (bicyclic) bond motifs is 1. The fourth-order valence-electron chi connectivity index (χ4n) is 4.07. The second-order valence-electron chi connectivity index (χ2n) is 7.15. The molecule has 5 heteroatoms. The quantitative estimate of drug-likeness (QED) is 0.913. The van der Waals surface area contributed by atoms with Gasteiger partial charge in [-0.3, -0.25) is 0 Å². The van der Waals surface area contributed by atoms with Crippen molar-refractivity contribution in [3.05, 3.63) is 16.1 Å². The van der Waals surface area contributed by atoms with E-state index in [4.69, 9.17) is 4.98 Å². The fraction of sp³-hybridized carbons (Fsp3) is 0.765. The summed E-state index contributed by atoms with van der Waals surface area (Å²) in [5.41, 5.74) is 1.03. The summed E-state index contributed by atoms with van der Waals surface area (Å²) in [6.07, 6.45) is 8.81. The Balaban J connectivity index is 1.39. The SMILES string of the molecule is C[C@H](NC(=O)N1CCC[C@H]2CCC[C@@H]21)c1csc(C2CC2)n1. The van der Waals surface area contributed by atoms with Gasteiger partial charge in [0.15, 0.2) is 0 Å². The molecule has 3 aliphatic rings. The van der Waals surface area contributed by atoms with Gasteiger partial charge in [-0.15, -0.1) is 11.3 Å². The molecule has 4 nitrogen and oxygen atoms in total. The van der Waals surface area contributed by atoms with Crippen LogP contribution in [0.2, 0.25) is 0 Å². The Hall–Kier alpha value is -1.10. The highest BCUT2D eigenvalue weighted by Crippen LogP contribution is 2.42. The molecular formula is C17H25N3OS. The van der Waals surface area contributed by atoms with Crippen LogP contribution in [0.4, 0.5) is 4.79 Å². The zero-order valence-electron chi connectivity index (χ0n) is 13.3. The minimum Gasteiger partial charge on any atom is -0.330 e. The van der Waals surface area contributed by atoms with Crippen LogP contribution in [0, 0.1) is 5.92 Å². The van der Waals surface area contributed by atoms with Crippen molar-refractivity contribution >= 4 is 17.4 Å². The summed E-state index contributed by atoms with van der Waals surface area (Å²) in [4.78, 5) is 19.5. The van der Waals surface area contributed by atoms with Gasteiger partial charge in [-0.05, 0) is 51.4 Å². The Morgan fingerprint density at radius 1 is 1.32 bits per heavy atom. The number of carbonyl (C=O) groups excluding carboxylic acids is 1. The van der Waals surface area contributed by atoms with E-state index in [1.54, 1.807) is 11.3 Å². The van der Waals surface area contributed by atoms with Crippen LogP contribution in [0.25, 0.3) is 0 Å². The third-order valence-electron chi connectivity index (χ3n) is 5.50. The van der Waals surface area contributed by atoms with Crippen LogP contribution >= 0.6 is 11.3 Å². The highest BCUT2D eigenvalue weighted by Gasteiger charge is 2.37. The molecule has 1 saturated heterocycles. The number of thiazole rings is 1. The molecule has 0 radical (unpaired) electrons. The lowest BCUT2D eigenvalue weighted by Crippen LogP contribution is -2.50. The second-order valence-corrected chi connectivity index (χ2v) is 8.04. The van der Waals surface area contributed by atoms with E-state index in [1.165, 1.54) is 43.5 Å². The maximum absolute atomic E-state index is 12.7. The molecule has 120 valence electrons. The van der Waals surface area contributed by atoms with Gasteiger partial charge in [0.25, 0.3) is 0 Å². The van der Waals surface area contributed by atoms with Crippen LogP contribution in [0.5, 0.6) is 0 Å². The number of amides is 2. The number of aromatic nitrogens is 1. The Morgan fingerprint density at radius 2 is 2.14 bits per heavy atom. The number of rotatable bonds is 3. The number of likely N-dealkylation sites (tertiary alicyclic amines) is 1. The molecule has 1 aliphatic heterocycles. The van der Waals surface area contributed by atoms with Gasteiger partial charge >= 0.3 is 6.03 Å². The summed E-state index contributed by atoms with van der Waals surface area (Å²) in [6, 6.07) is 0.613. The van der Waals surface area contributed by atoms with Gasteiger partial charge in [0, 0.05) is 23.9 Å². The lowest BCUT2D eigenvalue weighted by Gasteiger charge is -2.38. The number of piperidine rings is 1. The molecule has 0 aromatic carbocycles. The lowest BCUT2D eigenvalue weighted by atomic mass is 9.92. The van der Waals surface area contributed by atoms with Crippen molar-refractivity contribution in [1.29, 1.82) is 0 Å². The van der Waals surface area contributed by atoms with Gasteiger partial charge in [-0.25, -0.2) is 9.78 Å². The molecule has 0 spiro atoms. The molecule has 1 aromatic heterocycles. The number of carbonyl (C=O) groups is 1. The molecule has 22 heavy (non-hydrogen) atoms. The molecule has 2 aliphatic carbocycles. The highest BCUT2D eigenvalue weighted by atomic mass is 32.1. The second kappa shape index (κ2) is 5.84. The van der Waals surface area contributed by atoms with Gasteiger partial charge in [0.2, 0.25) is 0 Å². The van der Waals surface area contributed by atoms with E-state index in [2.05, 4.69) is 22.5 Å². The van der Waals surface area contributed by atoms with Crippen LogP contribution in [0.3, 0.4) is 0 Å². The summed E-state index contributed by atoms with van der Waals surface area (Å²) < 4.78 is 0. The molecular weight excluding hydrogens is 294 g/mol. The molecule has 3 atom stereocenters. The van der Waals surface area contributed by atoms with Crippen molar-refractivity contribution in [2.75, 3.05) is 6.54 Å². The zero-order chi connectivity index (χ0) is 15.1. The number of hydrogen-bond donors (Lipinski definition) is 1. The molecule has 0 bridgehead atoms. The summed E-state index contributed by atoms with van der Waals surface area (Å²) in [5.74, 6) is 1.44. The first-order valence-corrected chi connectivity index (χ1v) is 9.63. The van der Waals surface area contributed by atoms with Gasteiger partial charge in [-0.2, -0.15) is 0 Å². The van der Waals surface area contributed by atoms with Crippen molar-refractivity contribution in [2.45, 2.75) is 69.9 Å². The van der Waals surface area contributed by atoms with Gasteiger partial charge in [-0.1, -0.05) is 6.42 Å². The minimum atomic E-state index is 0.0121. The smallest absolute Gasteiger partial charge is 0.318 e. The molecule has 2 heterocycles. The van der Waals surface area contributed by atoms with E-state index >= 15 is 0 Å². The third-order valence-corrected chi connectivity index (χ3v) is 6.53. The van der Waals surface area contributed by atoms with Crippen molar-refractivity contribution in [2.24, 2.45) is 5.92 Å². The molecule has 2 saturated carbocycles. The number of urea groups is 1. The molecule has 1 N–H and O–H groups in total. The predicted molar refractivity (Wildman–Crippen MR) is 88.1 cm³/mol. The first kappa shape index (κ1) is 14.5. The molecule has 0 unspecified atom stereocenters. The van der Waals surface area contributed by atoms with Crippen LogP contribution in [0.1, 0.15) is 74.5 Å². The van der Waals surface area contributed by atoms with E-state index in [0.717, 1.165) is 24.6 Å². The van der Waals surface area contributed by atoms with Gasteiger partial charge < -0.3 is 10.2 Å². The first-order valence-electron chi connectivity index (χ1n) is 8.75. The maximum Gasteiger partial charge on any atom is 0.318 e. The lowest BCUT2D eigenvalue weighted by molar-refractivity contribution is 0.126. The summed E-state index contributed by atoms with van der Waals surface area (Å²) in [5, 5.41) is 6.56. The van der Waals surface area contributed by atoms with Crippen molar-refractivity contribution in [1.82, 2.24) is 15.2 Å². The predicted octanol–water partition coefficient (Wildman–Crippen LogP) is 4.06. The monoisotopic (exact) mass is 319 g/mol.